The molecule has 4 aromatic rings. The zero-order valence-electron chi connectivity index (χ0n) is 33.4. The lowest BCUT2D eigenvalue weighted by Crippen LogP contribution is -2.47. The Morgan fingerprint density at radius 2 is 1.41 bits per heavy atom. The molecular formula is C45H46BN5O7. The molecule has 8 rings (SSSR count). The summed E-state index contributed by atoms with van der Waals surface area (Å²) in [7, 11) is 8.70. The number of methoxy groups -OCH3 is 3. The highest BCUT2D eigenvalue weighted by atomic mass is 16.5. The van der Waals surface area contributed by atoms with Crippen molar-refractivity contribution in [2.75, 3.05) is 46.9 Å². The Bertz CT molecular complexity index is 2380. The van der Waals surface area contributed by atoms with Gasteiger partial charge in [-0.15, -0.1) is 0 Å². The van der Waals surface area contributed by atoms with Crippen LogP contribution in [-0.2, 0) is 0 Å². The molecule has 4 aliphatic rings. The number of hydrogen-bond acceptors (Lipinski definition) is 10. The van der Waals surface area contributed by atoms with Crippen LogP contribution in [0.4, 0.5) is 17.1 Å². The van der Waals surface area contributed by atoms with E-state index in [2.05, 4.69) is 17.4 Å². The highest BCUT2D eigenvalue weighted by Crippen LogP contribution is 2.43. The van der Waals surface area contributed by atoms with Gasteiger partial charge in [-0.3, -0.25) is 19.6 Å². The number of hydrogen-bond donors (Lipinski definition) is 1. The largest absolute Gasteiger partial charge is 0.497 e. The van der Waals surface area contributed by atoms with Crippen molar-refractivity contribution < 1.29 is 33.3 Å². The van der Waals surface area contributed by atoms with Gasteiger partial charge in [0.1, 0.15) is 13.6 Å². The summed E-state index contributed by atoms with van der Waals surface area (Å²) >= 11 is 0. The molecule has 4 aromatic carbocycles. The first kappa shape index (κ1) is 38.4. The van der Waals surface area contributed by atoms with E-state index in [0.29, 0.717) is 71.6 Å². The van der Waals surface area contributed by atoms with Gasteiger partial charge >= 0.3 is 0 Å². The van der Waals surface area contributed by atoms with Crippen LogP contribution in [0.3, 0.4) is 0 Å². The van der Waals surface area contributed by atoms with Crippen LogP contribution in [0.15, 0.2) is 95.2 Å². The summed E-state index contributed by atoms with van der Waals surface area (Å²) in [6.45, 7) is 0.889. The molecule has 0 bridgehead atoms. The van der Waals surface area contributed by atoms with Crippen LogP contribution in [0, 0.1) is 0 Å². The van der Waals surface area contributed by atoms with E-state index in [4.69, 9.17) is 33.7 Å². The fourth-order valence-corrected chi connectivity index (χ4v) is 7.83. The lowest BCUT2D eigenvalue weighted by Gasteiger charge is -2.30. The van der Waals surface area contributed by atoms with Gasteiger partial charge in [0, 0.05) is 56.1 Å². The van der Waals surface area contributed by atoms with Crippen molar-refractivity contribution in [1.82, 2.24) is 9.80 Å². The molecule has 0 aromatic heterocycles. The van der Waals surface area contributed by atoms with Gasteiger partial charge in [0.25, 0.3) is 11.8 Å². The highest BCUT2D eigenvalue weighted by Gasteiger charge is 2.42. The third kappa shape index (κ3) is 7.39. The molecule has 0 radical (unpaired) electrons. The molecule has 4 heterocycles. The number of benzene rings is 4. The average molecular weight is 780 g/mol. The Kier molecular flexibility index (Phi) is 10.7. The Labute approximate surface area is 339 Å². The SMILES string of the molecule is BC12C=Nc3cc(OCCCCCOc4cc5c(cc4OC)C(=O)N4C=C(c6ccc(OC)cc6)C[C@H]4C=N5)c(OC)cc3C(=O)N1C=C(c1cccc(NC)c1)C2. The number of carbonyl (C=O) groups excluding carboxylic acids is 2. The maximum atomic E-state index is 14.0. The van der Waals surface area contributed by atoms with E-state index < -0.39 is 5.44 Å². The van der Waals surface area contributed by atoms with Gasteiger partial charge in [-0.1, -0.05) is 24.3 Å². The number of anilines is 1. The predicted molar refractivity (Wildman–Crippen MR) is 229 cm³/mol. The molecule has 13 heteroatoms. The topological polar surface area (TPSA) is 124 Å². The standard InChI is InChI=1S/C45H46BN5O7/c1-47-32-10-8-9-29(17-32)31-23-45(46)27-49-38-22-42(40(56-4)20-36(38)44(53)51(45)26-31)58-16-7-5-6-15-57-41-21-37-35(19-39(41)55-3)43(52)50-25-30(18-33(50)24-48-37)28-11-13-34(54-2)14-12-28/h8-14,17,19-22,24-27,33,47H,5-7,15-16,18,23,46H2,1-4H3/t33-,45?/m0/s1. The average Bonchev–Trinajstić information content (AvgIpc) is 3.79. The Balaban J connectivity index is 0.859. The monoisotopic (exact) mass is 779 g/mol. The van der Waals surface area contributed by atoms with E-state index in [-0.39, 0.29) is 17.9 Å². The first-order valence-corrected chi connectivity index (χ1v) is 19.5. The Hall–Kier alpha value is -6.50. The number of carbonyl (C=O) groups is 2. The number of nitrogens with zero attached hydrogens (tertiary/aromatic N) is 4. The Morgan fingerprint density at radius 3 is 2.07 bits per heavy atom. The van der Waals surface area contributed by atoms with E-state index in [0.717, 1.165) is 53.0 Å². The molecule has 0 aliphatic carbocycles. The third-order valence-corrected chi connectivity index (χ3v) is 11.1. The van der Waals surface area contributed by atoms with Crippen molar-refractivity contribution in [2.45, 2.75) is 43.6 Å². The number of rotatable bonds is 14. The Morgan fingerprint density at radius 1 is 0.741 bits per heavy atom. The summed E-state index contributed by atoms with van der Waals surface area (Å²) in [6.07, 6.45) is 11.2. The summed E-state index contributed by atoms with van der Waals surface area (Å²) in [5, 5.41) is 3.19. The van der Waals surface area contributed by atoms with Gasteiger partial charge in [-0.25, -0.2) is 0 Å². The van der Waals surface area contributed by atoms with Crippen molar-refractivity contribution in [2.24, 2.45) is 9.98 Å². The second-order valence-corrected chi connectivity index (χ2v) is 14.9. The molecule has 2 amide bonds. The molecule has 1 unspecified atom stereocenters. The van der Waals surface area contributed by atoms with Gasteiger partial charge in [0.15, 0.2) is 23.0 Å². The normalized spacial score (nSPS) is 18.9. The zero-order chi connectivity index (χ0) is 40.4. The van der Waals surface area contributed by atoms with Crippen molar-refractivity contribution in [1.29, 1.82) is 0 Å². The minimum absolute atomic E-state index is 0.136. The quantitative estimate of drug-likeness (QED) is 0.105. The summed E-state index contributed by atoms with van der Waals surface area (Å²) < 4.78 is 29.0. The zero-order valence-corrected chi connectivity index (χ0v) is 33.4. The lowest BCUT2D eigenvalue weighted by molar-refractivity contribution is 0.0796. The van der Waals surface area contributed by atoms with Crippen LogP contribution in [0.2, 0.25) is 0 Å². The van der Waals surface area contributed by atoms with E-state index in [1.165, 1.54) is 0 Å². The summed E-state index contributed by atoms with van der Waals surface area (Å²) in [5.74, 6) is 2.53. The summed E-state index contributed by atoms with van der Waals surface area (Å²) in [5.41, 5.74) is 6.66. The number of amides is 2. The minimum atomic E-state index is -0.608. The second-order valence-electron chi connectivity index (χ2n) is 14.9. The molecule has 2 atom stereocenters. The smallest absolute Gasteiger partial charge is 0.260 e. The maximum absolute atomic E-state index is 14.0. The highest BCUT2D eigenvalue weighted by molar-refractivity contribution is 6.29. The van der Waals surface area contributed by atoms with Gasteiger partial charge in [0.2, 0.25) is 0 Å². The minimum Gasteiger partial charge on any atom is -0.497 e. The van der Waals surface area contributed by atoms with Crippen LogP contribution in [-0.4, -0.2) is 95.0 Å². The van der Waals surface area contributed by atoms with Crippen LogP contribution in [0.25, 0.3) is 11.1 Å². The molecule has 296 valence electrons. The summed E-state index contributed by atoms with van der Waals surface area (Å²) in [4.78, 5) is 40.7. The third-order valence-electron chi connectivity index (χ3n) is 11.1. The number of ether oxygens (including phenoxy) is 5. The molecule has 0 saturated heterocycles. The number of aliphatic imine (C=N–C) groups is 2. The van der Waals surface area contributed by atoms with E-state index in [1.807, 2.05) is 76.1 Å². The van der Waals surface area contributed by atoms with Gasteiger partial charge in [0.05, 0.1) is 68.5 Å². The van der Waals surface area contributed by atoms with Crippen LogP contribution < -0.4 is 29.0 Å². The van der Waals surface area contributed by atoms with E-state index >= 15 is 0 Å². The second kappa shape index (κ2) is 16.2. The number of unbranched alkanes of at least 4 members (excludes halogenated alkanes) is 2. The van der Waals surface area contributed by atoms with Gasteiger partial charge < -0.3 is 38.8 Å². The van der Waals surface area contributed by atoms with E-state index in [9.17, 15) is 9.59 Å². The lowest BCUT2D eigenvalue weighted by atomic mass is 9.74. The van der Waals surface area contributed by atoms with E-state index in [1.54, 1.807) is 55.4 Å². The molecule has 0 fully saturated rings. The van der Waals surface area contributed by atoms with Crippen molar-refractivity contribution >= 4 is 60.3 Å². The van der Waals surface area contributed by atoms with Crippen molar-refractivity contribution in [3.63, 3.8) is 0 Å². The maximum Gasteiger partial charge on any atom is 0.260 e. The molecule has 0 spiro atoms. The van der Waals surface area contributed by atoms with Crippen LogP contribution in [0.1, 0.15) is 63.9 Å². The molecule has 4 aliphatic heterocycles. The summed E-state index contributed by atoms with van der Waals surface area (Å²) in [6, 6.07) is 22.8. The molecule has 58 heavy (non-hydrogen) atoms. The molecular weight excluding hydrogens is 733 g/mol. The van der Waals surface area contributed by atoms with Gasteiger partial charge in [-0.05, 0) is 84.4 Å². The van der Waals surface area contributed by atoms with Crippen LogP contribution >= 0.6 is 0 Å². The van der Waals surface area contributed by atoms with Crippen molar-refractivity contribution in [3.8, 4) is 28.7 Å². The number of nitrogens with one attached hydrogen (secondary N) is 1. The van der Waals surface area contributed by atoms with Crippen LogP contribution in [0.5, 0.6) is 28.7 Å². The molecule has 12 nitrogen and oxygen atoms in total. The number of fused-ring (bicyclic) bond motifs is 4. The van der Waals surface area contributed by atoms with Gasteiger partial charge in [-0.2, -0.15) is 0 Å². The fraction of sp³-hybridized carbons (Fsp3) is 0.289. The molecule has 0 saturated carbocycles. The first-order valence-electron chi connectivity index (χ1n) is 19.5. The fourth-order valence-electron chi connectivity index (χ4n) is 7.83. The molecule has 1 N–H and O–H groups in total. The first-order chi connectivity index (χ1) is 28.2. The van der Waals surface area contributed by atoms with Crippen molar-refractivity contribution in [3.05, 3.63) is 107 Å². The predicted octanol–water partition coefficient (Wildman–Crippen LogP) is 7.29.